The summed E-state index contributed by atoms with van der Waals surface area (Å²) in [6.45, 7) is 1.68. The van der Waals surface area contributed by atoms with Crippen LogP contribution in [-0.4, -0.2) is 26.9 Å². The molecule has 3 heterocycles. The third-order valence-corrected chi connectivity index (χ3v) is 4.20. The van der Waals surface area contributed by atoms with Crippen molar-refractivity contribution in [2.45, 2.75) is 6.92 Å². The van der Waals surface area contributed by atoms with Gasteiger partial charge in [-0.1, -0.05) is 0 Å². The summed E-state index contributed by atoms with van der Waals surface area (Å²) in [5.41, 5.74) is 3.30. The lowest BCUT2D eigenvalue weighted by molar-refractivity contribution is 0.617. The van der Waals surface area contributed by atoms with Crippen LogP contribution in [0.3, 0.4) is 0 Å². The van der Waals surface area contributed by atoms with Crippen LogP contribution in [0.5, 0.6) is 0 Å². The van der Waals surface area contributed by atoms with Gasteiger partial charge in [-0.15, -0.1) is 0 Å². The van der Waals surface area contributed by atoms with Crippen molar-refractivity contribution in [1.29, 1.82) is 5.26 Å². The maximum Gasteiger partial charge on any atom is 0.148 e. The van der Waals surface area contributed by atoms with Gasteiger partial charge in [0.15, 0.2) is 0 Å². The largest absolute Gasteiger partial charge is 0.372 e. The van der Waals surface area contributed by atoms with E-state index in [1.54, 1.807) is 24.7 Å². The van der Waals surface area contributed by atoms with Gasteiger partial charge in [0.2, 0.25) is 0 Å². The molecular weight excluding hydrogens is 307 g/mol. The number of nitrogens with one attached hydrogen (secondary N) is 2. The van der Waals surface area contributed by atoms with E-state index in [4.69, 9.17) is 0 Å². The van der Waals surface area contributed by atoms with Crippen LogP contribution in [0.15, 0.2) is 30.6 Å². The summed E-state index contributed by atoms with van der Waals surface area (Å²) >= 11 is 0. The number of halogens is 1. The van der Waals surface area contributed by atoms with E-state index >= 15 is 0 Å². The van der Waals surface area contributed by atoms with E-state index in [1.807, 2.05) is 30.5 Å². The van der Waals surface area contributed by atoms with E-state index in [0.717, 1.165) is 27.8 Å². The SMILES string of the molecule is CNc1cc2cc(-c3c(C)c(F)c(C#N)c4[nH]ncc34)ccn2n1. The smallest absolute Gasteiger partial charge is 0.148 e. The van der Waals surface area contributed by atoms with Gasteiger partial charge >= 0.3 is 0 Å². The lowest BCUT2D eigenvalue weighted by Gasteiger charge is -2.11. The average molecular weight is 320 g/mol. The summed E-state index contributed by atoms with van der Waals surface area (Å²) in [6, 6.07) is 7.64. The predicted octanol–water partition coefficient (Wildman–Crippen LogP) is 3.24. The first kappa shape index (κ1) is 14.2. The van der Waals surface area contributed by atoms with Crippen molar-refractivity contribution >= 4 is 22.2 Å². The number of nitriles is 1. The summed E-state index contributed by atoms with van der Waals surface area (Å²) in [7, 11) is 1.80. The molecule has 0 aliphatic rings. The summed E-state index contributed by atoms with van der Waals surface area (Å²) in [4.78, 5) is 0. The molecule has 0 spiro atoms. The van der Waals surface area contributed by atoms with Crippen LogP contribution in [0, 0.1) is 24.1 Å². The van der Waals surface area contributed by atoms with E-state index < -0.39 is 5.82 Å². The monoisotopic (exact) mass is 320 g/mol. The average Bonchev–Trinajstić information content (AvgIpc) is 3.22. The molecule has 4 rings (SSSR count). The molecule has 24 heavy (non-hydrogen) atoms. The number of aromatic amines is 1. The first-order chi connectivity index (χ1) is 11.6. The zero-order valence-electron chi connectivity index (χ0n) is 13.1. The Morgan fingerprint density at radius 3 is 2.96 bits per heavy atom. The Kier molecular flexibility index (Phi) is 3.00. The van der Waals surface area contributed by atoms with Crippen LogP contribution in [0.25, 0.3) is 27.5 Å². The fraction of sp³-hybridized carbons (Fsp3) is 0.118. The van der Waals surface area contributed by atoms with Crippen LogP contribution in [0.1, 0.15) is 11.1 Å². The minimum absolute atomic E-state index is 0.00773. The van der Waals surface area contributed by atoms with Crippen molar-refractivity contribution in [3.05, 3.63) is 47.5 Å². The number of pyridine rings is 1. The Hall–Kier alpha value is -3.40. The summed E-state index contributed by atoms with van der Waals surface area (Å²) in [6.07, 6.45) is 3.45. The van der Waals surface area contributed by atoms with Crippen LogP contribution < -0.4 is 5.32 Å². The lowest BCUT2D eigenvalue weighted by Crippen LogP contribution is -1.96. The highest BCUT2D eigenvalue weighted by Crippen LogP contribution is 2.35. The molecule has 1 aromatic carbocycles. The van der Waals surface area contributed by atoms with Gasteiger partial charge in [-0.05, 0) is 35.7 Å². The fourth-order valence-corrected chi connectivity index (χ4v) is 3.02. The maximum absolute atomic E-state index is 14.6. The number of nitrogens with zero attached hydrogens (tertiary/aromatic N) is 4. The minimum Gasteiger partial charge on any atom is -0.372 e. The number of fused-ring (bicyclic) bond motifs is 2. The molecule has 0 amide bonds. The van der Waals surface area contributed by atoms with Crippen LogP contribution >= 0.6 is 0 Å². The van der Waals surface area contributed by atoms with Crippen LogP contribution in [-0.2, 0) is 0 Å². The van der Waals surface area contributed by atoms with Crippen molar-refractivity contribution in [3.63, 3.8) is 0 Å². The topological polar surface area (TPSA) is 81.8 Å². The molecule has 0 aliphatic heterocycles. The molecule has 0 bridgehead atoms. The highest BCUT2D eigenvalue weighted by atomic mass is 19.1. The van der Waals surface area contributed by atoms with Crippen LogP contribution in [0.4, 0.5) is 10.2 Å². The van der Waals surface area contributed by atoms with Gasteiger partial charge < -0.3 is 5.32 Å². The maximum atomic E-state index is 14.6. The Labute approximate surface area is 136 Å². The molecule has 6 nitrogen and oxygen atoms in total. The van der Waals surface area contributed by atoms with Gasteiger partial charge in [-0.3, -0.25) is 5.10 Å². The molecule has 0 radical (unpaired) electrons. The molecule has 3 aromatic heterocycles. The number of hydrogen-bond acceptors (Lipinski definition) is 4. The Morgan fingerprint density at radius 1 is 1.38 bits per heavy atom. The van der Waals surface area contributed by atoms with Gasteiger partial charge in [0.1, 0.15) is 23.3 Å². The number of H-pyrrole nitrogens is 1. The van der Waals surface area contributed by atoms with Gasteiger partial charge in [0, 0.05) is 24.7 Å². The second-order valence-corrected chi connectivity index (χ2v) is 5.52. The third kappa shape index (κ3) is 1.86. The standard InChI is InChI=1S/C17H13FN6/c1-9-15(13-8-21-22-17(13)12(7-19)16(9)18)10-3-4-24-11(5-10)6-14(20-2)23-24/h3-6,8H,1-2H3,(H,20,23)(H,21,22). The molecule has 0 saturated heterocycles. The van der Waals surface area contributed by atoms with Gasteiger partial charge in [-0.2, -0.15) is 15.5 Å². The molecule has 0 saturated carbocycles. The molecule has 0 unspecified atom stereocenters. The molecule has 118 valence electrons. The first-order valence-corrected chi connectivity index (χ1v) is 7.37. The number of benzene rings is 1. The molecule has 7 heteroatoms. The van der Waals surface area contributed by atoms with Crippen molar-refractivity contribution < 1.29 is 4.39 Å². The molecule has 0 fully saturated rings. The summed E-state index contributed by atoms with van der Waals surface area (Å²) in [5.74, 6) is 0.233. The number of aromatic nitrogens is 4. The second kappa shape index (κ2) is 5.06. The summed E-state index contributed by atoms with van der Waals surface area (Å²) < 4.78 is 16.4. The van der Waals surface area contributed by atoms with E-state index in [2.05, 4.69) is 20.6 Å². The van der Waals surface area contributed by atoms with Crippen LogP contribution in [0.2, 0.25) is 0 Å². The van der Waals surface area contributed by atoms with Crippen molar-refractivity contribution in [2.75, 3.05) is 12.4 Å². The van der Waals surface area contributed by atoms with E-state index in [9.17, 15) is 9.65 Å². The highest BCUT2D eigenvalue weighted by Gasteiger charge is 2.19. The van der Waals surface area contributed by atoms with E-state index in [1.165, 1.54) is 0 Å². The van der Waals surface area contributed by atoms with E-state index in [0.29, 0.717) is 11.1 Å². The van der Waals surface area contributed by atoms with Crippen molar-refractivity contribution in [3.8, 4) is 17.2 Å². The minimum atomic E-state index is -0.520. The third-order valence-electron chi connectivity index (χ3n) is 4.20. The van der Waals surface area contributed by atoms with Crippen molar-refractivity contribution in [1.82, 2.24) is 19.8 Å². The quantitative estimate of drug-likeness (QED) is 0.594. The number of rotatable bonds is 2. The predicted molar refractivity (Wildman–Crippen MR) is 89.2 cm³/mol. The summed E-state index contributed by atoms with van der Waals surface area (Å²) in [5, 5.41) is 24.0. The molecule has 4 aromatic rings. The Morgan fingerprint density at radius 2 is 2.21 bits per heavy atom. The van der Waals surface area contributed by atoms with Gasteiger partial charge in [0.25, 0.3) is 0 Å². The normalized spacial score (nSPS) is 11.1. The van der Waals surface area contributed by atoms with Crippen molar-refractivity contribution in [2.24, 2.45) is 0 Å². The molecule has 0 atom stereocenters. The number of anilines is 1. The van der Waals surface area contributed by atoms with E-state index in [-0.39, 0.29) is 5.56 Å². The first-order valence-electron chi connectivity index (χ1n) is 7.37. The van der Waals surface area contributed by atoms with Gasteiger partial charge in [-0.25, -0.2) is 8.91 Å². The Balaban J connectivity index is 2.05. The molecular formula is C17H13FN6. The zero-order chi connectivity index (χ0) is 16.8. The lowest BCUT2D eigenvalue weighted by atomic mass is 9.94. The van der Waals surface area contributed by atoms with Gasteiger partial charge in [0.05, 0.1) is 17.2 Å². The number of hydrogen-bond donors (Lipinski definition) is 2. The highest BCUT2D eigenvalue weighted by molar-refractivity contribution is 5.99. The zero-order valence-corrected chi connectivity index (χ0v) is 13.1. The second-order valence-electron chi connectivity index (χ2n) is 5.52. The molecule has 0 aliphatic carbocycles. The molecule has 2 N–H and O–H groups in total. The fourth-order valence-electron chi connectivity index (χ4n) is 3.02. The Bertz CT molecular complexity index is 1130.